The van der Waals surface area contributed by atoms with Crippen molar-refractivity contribution in [1.29, 1.82) is 0 Å². The lowest BCUT2D eigenvalue weighted by molar-refractivity contribution is -0.205. The van der Waals surface area contributed by atoms with E-state index in [0.717, 1.165) is 0 Å². The Morgan fingerprint density at radius 3 is 2.71 bits per heavy atom. The molecule has 0 saturated carbocycles. The van der Waals surface area contributed by atoms with Gasteiger partial charge in [-0.05, 0) is 36.4 Å². The van der Waals surface area contributed by atoms with E-state index in [9.17, 15) is 9.59 Å². The molecule has 1 aromatic heterocycles. The van der Waals surface area contributed by atoms with Crippen molar-refractivity contribution >= 4 is 22.6 Å². The van der Waals surface area contributed by atoms with Crippen LogP contribution in [0.4, 0.5) is 0 Å². The van der Waals surface area contributed by atoms with Gasteiger partial charge in [0.15, 0.2) is 12.0 Å². The third-order valence-corrected chi connectivity index (χ3v) is 4.62. The molecule has 2 aliphatic rings. The van der Waals surface area contributed by atoms with Gasteiger partial charge in [0.2, 0.25) is 0 Å². The molecule has 0 unspecified atom stereocenters. The molecule has 0 aromatic carbocycles. The van der Waals surface area contributed by atoms with Gasteiger partial charge in [-0.2, -0.15) is 0 Å². The van der Waals surface area contributed by atoms with E-state index in [1.54, 1.807) is 13.8 Å². The number of ether oxygens (including phenoxy) is 5. The van der Waals surface area contributed by atoms with Crippen LogP contribution in [0.15, 0.2) is 15.7 Å². The molecule has 1 aromatic rings. The normalized spacial score (nSPS) is 31.3. The van der Waals surface area contributed by atoms with E-state index in [2.05, 4.69) is 4.98 Å². The molecule has 2 aliphatic heterocycles. The number of halogens is 1. The summed E-state index contributed by atoms with van der Waals surface area (Å²) in [5.41, 5.74) is -1.01. The quantitative estimate of drug-likeness (QED) is 0.293. The predicted octanol–water partition coefficient (Wildman–Crippen LogP) is 0.179. The largest absolute Gasteiger partial charge is 0.359 e. The smallest absolute Gasteiger partial charge is 0.331 e. The summed E-state index contributed by atoms with van der Waals surface area (Å²) >= 11 is 1.92. The lowest BCUT2D eigenvalue weighted by Gasteiger charge is -2.25. The zero-order chi connectivity index (χ0) is 17.5. The molecule has 0 spiro atoms. The van der Waals surface area contributed by atoms with Crippen LogP contribution < -0.4 is 11.2 Å². The van der Waals surface area contributed by atoms with Gasteiger partial charge in [0.25, 0.3) is 5.56 Å². The molecular formula is C14H19IN2O7. The zero-order valence-electron chi connectivity index (χ0n) is 13.5. The number of aromatic amines is 1. The maximum atomic E-state index is 12.2. The standard InChI is InChI=1S/C14H19IN2O7/c1-14(2)23-10-7(5-21-6-20-3)22-12(11(10)24-14)17-8(15)4-9(18)16-13(17)19/h4,7,10-12H,5-6H2,1-3H3,(H,16,18,19)/t7-,10-,11-,12-/m1/s1. The van der Waals surface area contributed by atoms with Gasteiger partial charge in [-0.15, -0.1) is 0 Å². The van der Waals surface area contributed by atoms with Crippen LogP contribution in [0.5, 0.6) is 0 Å². The van der Waals surface area contributed by atoms with Crippen molar-refractivity contribution < 1.29 is 23.7 Å². The van der Waals surface area contributed by atoms with E-state index < -0.39 is 41.6 Å². The van der Waals surface area contributed by atoms with Gasteiger partial charge >= 0.3 is 5.69 Å². The minimum Gasteiger partial charge on any atom is -0.359 e. The first-order valence-electron chi connectivity index (χ1n) is 7.41. The Kier molecular flexibility index (Phi) is 5.14. The van der Waals surface area contributed by atoms with Crippen LogP contribution in [0.25, 0.3) is 0 Å². The summed E-state index contributed by atoms with van der Waals surface area (Å²) in [5, 5.41) is 0. The van der Waals surface area contributed by atoms with Crippen LogP contribution in [0, 0.1) is 3.70 Å². The van der Waals surface area contributed by atoms with Crippen molar-refractivity contribution in [2.45, 2.75) is 44.2 Å². The number of rotatable bonds is 5. The Hall–Kier alpha value is -0.790. The molecule has 3 heterocycles. The van der Waals surface area contributed by atoms with Crippen LogP contribution in [-0.4, -0.2) is 54.2 Å². The van der Waals surface area contributed by atoms with E-state index >= 15 is 0 Å². The van der Waals surface area contributed by atoms with Crippen LogP contribution in [0.3, 0.4) is 0 Å². The highest BCUT2D eigenvalue weighted by molar-refractivity contribution is 14.1. The van der Waals surface area contributed by atoms with Gasteiger partial charge in [0.05, 0.1) is 10.3 Å². The maximum Gasteiger partial charge on any atom is 0.331 e. The van der Waals surface area contributed by atoms with Crippen molar-refractivity contribution in [1.82, 2.24) is 9.55 Å². The first-order chi connectivity index (χ1) is 11.3. The number of H-pyrrole nitrogens is 1. The monoisotopic (exact) mass is 454 g/mol. The maximum absolute atomic E-state index is 12.2. The first kappa shape index (κ1) is 18.0. The van der Waals surface area contributed by atoms with Gasteiger partial charge in [-0.25, -0.2) is 4.79 Å². The molecule has 10 heteroatoms. The van der Waals surface area contributed by atoms with Crippen LogP contribution in [0.2, 0.25) is 0 Å². The van der Waals surface area contributed by atoms with Crippen molar-refractivity contribution in [3.8, 4) is 0 Å². The molecule has 1 N–H and O–H groups in total. The van der Waals surface area contributed by atoms with Gasteiger partial charge in [0, 0.05) is 13.2 Å². The molecular weight excluding hydrogens is 435 g/mol. The summed E-state index contributed by atoms with van der Waals surface area (Å²) in [4.78, 5) is 25.9. The third-order valence-electron chi connectivity index (χ3n) is 3.79. The molecule has 9 nitrogen and oxygen atoms in total. The van der Waals surface area contributed by atoms with Gasteiger partial charge < -0.3 is 23.7 Å². The second-order valence-electron chi connectivity index (χ2n) is 6.04. The lowest BCUT2D eigenvalue weighted by Crippen LogP contribution is -2.39. The fraction of sp³-hybridized carbons (Fsp3) is 0.714. The van der Waals surface area contributed by atoms with Gasteiger partial charge in [-0.1, -0.05) is 0 Å². The van der Waals surface area contributed by atoms with E-state index in [4.69, 9.17) is 23.7 Å². The SMILES string of the molecule is COCOC[C@H]1O[C@@H](n2c(I)cc(=O)[nH]c2=O)[C@@H]2OC(C)(C)O[C@@H]21. The molecule has 0 bridgehead atoms. The van der Waals surface area contributed by atoms with Crippen LogP contribution in [-0.2, 0) is 23.7 Å². The highest BCUT2D eigenvalue weighted by Gasteiger charge is 2.56. The molecule has 24 heavy (non-hydrogen) atoms. The number of nitrogens with zero attached hydrogens (tertiary/aromatic N) is 1. The van der Waals surface area contributed by atoms with E-state index in [1.165, 1.54) is 17.7 Å². The summed E-state index contributed by atoms with van der Waals surface area (Å²) in [6.45, 7) is 3.97. The fourth-order valence-electron chi connectivity index (χ4n) is 2.96. The predicted molar refractivity (Wildman–Crippen MR) is 89.6 cm³/mol. The highest BCUT2D eigenvalue weighted by Crippen LogP contribution is 2.42. The minimum atomic E-state index is -0.798. The number of hydrogen-bond acceptors (Lipinski definition) is 7. The average Bonchev–Trinajstić information content (AvgIpc) is 2.93. The summed E-state index contributed by atoms with van der Waals surface area (Å²) in [6, 6.07) is 1.33. The van der Waals surface area contributed by atoms with Crippen molar-refractivity contribution in [3.63, 3.8) is 0 Å². The molecule has 134 valence electrons. The van der Waals surface area contributed by atoms with Gasteiger partial charge in [0.1, 0.15) is 25.1 Å². The third kappa shape index (κ3) is 3.44. The van der Waals surface area contributed by atoms with E-state index in [0.29, 0.717) is 3.70 Å². The average molecular weight is 454 g/mol. The molecule has 2 saturated heterocycles. The molecule has 4 atom stereocenters. The second-order valence-corrected chi connectivity index (χ2v) is 7.14. The summed E-state index contributed by atoms with van der Waals surface area (Å²) < 4.78 is 29.9. The Balaban J connectivity index is 1.91. The first-order valence-corrected chi connectivity index (χ1v) is 8.49. The molecule has 0 aliphatic carbocycles. The molecule has 2 fully saturated rings. The number of hydrogen-bond donors (Lipinski definition) is 1. The molecule has 0 amide bonds. The number of nitrogens with one attached hydrogen (secondary N) is 1. The number of fused-ring (bicyclic) bond motifs is 1. The molecule has 3 rings (SSSR count). The van der Waals surface area contributed by atoms with E-state index in [-0.39, 0.29) is 13.4 Å². The second kappa shape index (κ2) is 6.84. The topological polar surface area (TPSA) is 101 Å². The Morgan fingerprint density at radius 1 is 1.33 bits per heavy atom. The minimum absolute atomic E-state index is 0.127. The Labute approximate surface area is 151 Å². The summed E-state index contributed by atoms with van der Waals surface area (Å²) in [7, 11) is 1.53. The summed E-state index contributed by atoms with van der Waals surface area (Å²) in [5.74, 6) is -0.798. The number of aromatic nitrogens is 2. The van der Waals surface area contributed by atoms with Crippen LogP contribution >= 0.6 is 22.6 Å². The fourth-order valence-corrected chi connectivity index (χ4v) is 3.74. The van der Waals surface area contributed by atoms with Crippen molar-refractivity contribution in [3.05, 3.63) is 30.6 Å². The zero-order valence-corrected chi connectivity index (χ0v) is 15.6. The van der Waals surface area contributed by atoms with E-state index in [1.807, 2.05) is 22.6 Å². The van der Waals surface area contributed by atoms with Gasteiger partial charge in [-0.3, -0.25) is 14.3 Å². The Bertz CT molecular complexity index is 716. The highest BCUT2D eigenvalue weighted by atomic mass is 127. The van der Waals surface area contributed by atoms with Crippen LogP contribution in [0.1, 0.15) is 20.1 Å². The summed E-state index contributed by atoms with van der Waals surface area (Å²) in [6.07, 6.45) is -2.03. The Morgan fingerprint density at radius 2 is 2.04 bits per heavy atom. The molecule has 0 radical (unpaired) electrons. The lowest BCUT2D eigenvalue weighted by atomic mass is 10.1. The number of methoxy groups -OCH3 is 1. The van der Waals surface area contributed by atoms with Crippen molar-refractivity contribution in [2.75, 3.05) is 20.5 Å². The van der Waals surface area contributed by atoms with Crippen molar-refractivity contribution in [2.24, 2.45) is 0 Å².